The zero-order chi connectivity index (χ0) is 10.5. The van der Waals surface area contributed by atoms with Crippen LogP contribution in [0.25, 0.3) is 4.96 Å². The van der Waals surface area contributed by atoms with Crippen LogP contribution in [-0.4, -0.2) is 23.0 Å². The van der Waals surface area contributed by atoms with Crippen LogP contribution >= 0.6 is 22.9 Å². The molecule has 0 unspecified atom stereocenters. The Labute approximate surface area is 88.4 Å². The standard InChI is InChI=1S/C5H5ClN4O2S2/c1-2-9-10-4(14(7,11)12)3(6)8-5(10)13-2/h1H3,(H2,7,11,12). The summed E-state index contributed by atoms with van der Waals surface area (Å²) in [7, 11) is -3.89. The van der Waals surface area contributed by atoms with Crippen LogP contribution < -0.4 is 5.14 Å². The Hall–Kier alpha value is -0.700. The SMILES string of the molecule is Cc1nn2c(S(N)(=O)=O)c(Cl)nc2s1. The fraction of sp³-hybridized carbons (Fsp3) is 0.200. The van der Waals surface area contributed by atoms with Gasteiger partial charge in [0, 0.05) is 0 Å². The monoisotopic (exact) mass is 252 g/mol. The summed E-state index contributed by atoms with van der Waals surface area (Å²) < 4.78 is 23.4. The highest BCUT2D eigenvalue weighted by Gasteiger charge is 2.22. The smallest absolute Gasteiger partial charge is 0.223 e. The first-order valence-corrected chi connectivity index (χ1v) is 6.18. The van der Waals surface area contributed by atoms with Gasteiger partial charge >= 0.3 is 0 Å². The van der Waals surface area contributed by atoms with E-state index in [1.54, 1.807) is 6.92 Å². The molecule has 0 spiro atoms. The molecule has 0 fully saturated rings. The lowest BCUT2D eigenvalue weighted by Gasteiger charge is -1.93. The quantitative estimate of drug-likeness (QED) is 0.795. The molecule has 0 aromatic carbocycles. The van der Waals surface area contributed by atoms with Gasteiger partial charge in [0.15, 0.2) is 5.15 Å². The minimum absolute atomic E-state index is 0.147. The molecule has 9 heteroatoms. The summed E-state index contributed by atoms with van der Waals surface area (Å²) in [5.41, 5.74) is 0. The summed E-state index contributed by atoms with van der Waals surface area (Å²) in [6.45, 7) is 1.74. The minimum Gasteiger partial charge on any atom is -0.223 e. The summed E-state index contributed by atoms with van der Waals surface area (Å²) in [4.78, 5) is 4.24. The molecule has 0 saturated heterocycles. The van der Waals surface area contributed by atoms with Gasteiger partial charge in [-0.15, -0.1) is 0 Å². The van der Waals surface area contributed by atoms with Gasteiger partial charge in [0.1, 0.15) is 5.01 Å². The number of hydrogen-bond donors (Lipinski definition) is 1. The van der Waals surface area contributed by atoms with Crippen molar-refractivity contribution in [2.75, 3.05) is 0 Å². The maximum Gasteiger partial charge on any atom is 0.258 e. The molecule has 2 N–H and O–H groups in total. The van der Waals surface area contributed by atoms with E-state index in [0.29, 0.717) is 9.97 Å². The van der Waals surface area contributed by atoms with Gasteiger partial charge in [0.05, 0.1) is 0 Å². The van der Waals surface area contributed by atoms with Crippen molar-refractivity contribution in [3.8, 4) is 0 Å². The first-order valence-electron chi connectivity index (χ1n) is 3.44. The number of rotatable bonds is 1. The molecule has 2 aromatic heterocycles. The molecule has 0 aliphatic rings. The van der Waals surface area contributed by atoms with Gasteiger partial charge in [-0.05, 0) is 6.92 Å². The average Bonchev–Trinajstić information content (AvgIpc) is 2.38. The number of aryl methyl sites for hydroxylation is 1. The lowest BCUT2D eigenvalue weighted by Crippen LogP contribution is -2.15. The van der Waals surface area contributed by atoms with Crippen LogP contribution in [0.3, 0.4) is 0 Å². The van der Waals surface area contributed by atoms with Crippen molar-refractivity contribution in [2.45, 2.75) is 11.9 Å². The average molecular weight is 253 g/mol. The van der Waals surface area contributed by atoms with Crippen molar-refractivity contribution in [1.82, 2.24) is 14.6 Å². The fourth-order valence-corrected chi connectivity index (χ4v) is 3.02. The zero-order valence-electron chi connectivity index (χ0n) is 6.93. The second-order valence-electron chi connectivity index (χ2n) is 2.57. The molecule has 0 saturated carbocycles. The van der Waals surface area contributed by atoms with Gasteiger partial charge in [-0.2, -0.15) is 9.61 Å². The Morgan fingerprint density at radius 2 is 2.21 bits per heavy atom. The Bertz CT molecular complexity index is 599. The van der Waals surface area contributed by atoms with Gasteiger partial charge in [-0.25, -0.2) is 18.5 Å². The summed E-state index contributed by atoms with van der Waals surface area (Å²) in [6, 6.07) is 0. The van der Waals surface area contributed by atoms with Gasteiger partial charge in [0.25, 0.3) is 10.0 Å². The van der Waals surface area contributed by atoms with E-state index in [0.717, 1.165) is 4.52 Å². The highest BCUT2D eigenvalue weighted by molar-refractivity contribution is 7.89. The Kier molecular flexibility index (Phi) is 2.03. The van der Waals surface area contributed by atoms with E-state index in [1.807, 2.05) is 0 Å². The van der Waals surface area contributed by atoms with E-state index in [2.05, 4.69) is 10.1 Å². The van der Waals surface area contributed by atoms with Crippen molar-refractivity contribution in [2.24, 2.45) is 5.14 Å². The summed E-state index contributed by atoms with van der Waals surface area (Å²) in [5, 5.41) is 9.18. The minimum atomic E-state index is -3.89. The number of nitrogens with two attached hydrogens (primary N) is 1. The third-order valence-electron chi connectivity index (χ3n) is 1.49. The van der Waals surface area contributed by atoms with Crippen LogP contribution in [0.5, 0.6) is 0 Å². The van der Waals surface area contributed by atoms with E-state index in [4.69, 9.17) is 16.7 Å². The molecule has 0 aliphatic heterocycles. The van der Waals surface area contributed by atoms with Crippen molar-refractivity contribution in [1.29, 1.82) is 0 Å². The molecular formula is C5H5ClN4O2S2. The molecular weight excluding hydrogens is 248 g/mol. The summed E-state index contributed by atoms with van der Waals surface area (Å²) in [6.07, 6.45) is 0. The van der Waals surface area contributed by atoms with Crippen LogP contribution in [0, 0.1) is 6.92 Å². The lowest BCUT2D eigenvalue weighted by molar-refractivity contribution is 0.590. The normalized spacial score (nSPS) is 12.5. The second kappa shape index (κ2) is 2.89. The highest BCUT2D eigenvalue weighted by Crippen LogP contribution is 2.24. The van der Waals surface area contributed by atoms with Crippen molar-refractivity contribution in [3.63, 3.8) is 0 Å². The number of halogens is 1. The Morgan fingerprint density at radius 3 is 2.79 bits per heavy atom. The molecule has 0 bridgehead atoms. The molecule has 0 aliphatic carbocycles. The topological polar surface area (TPSA) is 90.4 Å². The first-order chi connectivity index (χ1) is 6.39. The molecule has 6 nitrogen and oxygen atoms in total. The molecule has 0 atom stereocenters. The third kappa shape index (κ3) is 1.40. The van der Waals surface area contributed by atoms with Gasteiger partial charge in [0.2, 0.25) is 9.99 Å². The highest BCUT2D eigenvalue weighted by atomic mass is 35.5. The molecule has 2 heterocycles. The predicted molar refractivity (Wildman–Crippen MR) is 52.0 cm³/mol. The fourth-order valence-electron chi connectivity index (χ4n) is 1.04. The van der Waals surface area contributed by atoms with Crippen LogP contribution in [0.4, 0.5) is 0 Å². The van der Waals surface area contributed by atoms with Crippen LogP contribution in [-0.2, 0) is 10.0 Å². The molecule has 2 rings (SSSR count). The van der Waals surface area contributed by atoms with E-state index in [1.165, 1.54) is 11.3 Å². The van der Waals surface area contributed by atoms with Gasteiger partial charge in [-0.1, -0.05) is 22.9 Å². The summed E-state index contributed by atoms with van der Waals surface area (Å²) >= 11 is 6.86. The molecule has 76 valence electrons. The summed E-state index contributed by atoms with van der Waals surface area (Å²) in [5.74, 6) is 0. The van der Waals surface area contributed by atoms with E-state index in [9.17, 15) is 8.42 Å². The molecule has 0 amide bonds. The van der Waals surface area contributed by atoms with Crippen molar-refractivity contribution in [3.05, 3.63) is 10.2 Å². The first kappa shape index (κ1) is 9.84. The molecule has 2 aromatic rings. The second-order valence-corrected chi connectivity index (χ2v) is 5.56. The number of nitrogens with zero attached hydrogens (tertiary/aromatic N) is 3. The lowest BCUT2D eigenvalue weighted by atomic mass is 10.9. The van der Waals surface area contributed by atoms with Crippen LogP contribution in [0.2, 0.25) is 5.15 Å². The Balaban J connectivity index is 2.92. The largest absolute Gasteiger partial charge is 0.258 e. The van der Waals surface area contributed by atoms with E-state index in [-0.39, 0.29) is 10.2 Å². The number of sulfonamides is 1. The van der Waals surface area contributed by atoms with Crippen molar-refractivity contribution >= 4 is 37.9 Å². The van der Waals surface area contributed by atoms with Gasteiger partial charge < -0.3 is 0 Å². The van der Waals surface area contributed by atoms with Gasteiger partial charge in [-0.3, -0.25) is 0 Å². The maximum atomic E-state index is 11.1. The van der Waals surface area contributed by atoms with E-state index >= 15 is 0 Å². The Morgan fingerprint density at radius 1 is 1.57 bits per heavy atom. The van der Waals surface area contributed by atoms with E-state index < -0.39 is 10.0 Å². The third-order valence-corrected chi connectivity index (χ3v) is 3.60. The number of imidazole rings is 1. The van der Waals surface area contributed by atoms with Crippen molar-refractivity contribution < 1.29 is 8.42 Å². The number of hydrogen-bond acceptors (Lipinski definition) is 5. The van der Waals surface area contributed by atoms with Crippen LogP contribution in [0.15, 0.2) is 5.03 Å². The number of fused-ring (bicyclic) bond motifs is 1. The number of aromatic nitrogens is 3. The number of primary sulfonamides is 1. The maximum absolute atomic E-state index is 11.1. The molecule has 14 heavy (non-hydrogen) atoms. The molecule has 0 radical (unpaired) electrons. The predicted octanol–water partition coefficient (Wildman–Crippen LogP) is 0.400. The van der Waals surface area contributed by atoms with Crippen LogP contribution in [0.1, 0.15) is 5.01 Å². The zero-order valence-corrected chi connectivity index (χ0v) is 9.32.